The fourth-order valence-electron chi connectivity index (χ4n) is 3.89. The number of aromatic nitrogens is 2. The van der Waals surface area contributed by atoms with Crippen molar-refractivity contribution in [3.05, 3.63) is 48.0 Å². The number of hydrogen-bond acceptors (Lipinski definition) is 6. The highest BCUT2D eigenvalue weighted by molar-refractivity contribution is 5.89. The van der Waals surface area contributed by atoms with Crippen LogP contribution in [0.25, 0.3) is 11.1 Å². The fraction of sp³-hybridized carbons (Fsp3) is 0.409. The summed E-state index contributed by atoms with van der Waals surface area (Å²) in [7, 11) is 1.66. The second-order valence-corrected chi connectivity index (χ2v) is 7.47. The fourth-order valence-corrected chi connectivity index (χ4v) is 3.89. The number of anilines is 1. The quantitative estimate of drug-likeness (QED) is 0.692. The first-order valence-electron chi connectivity index (χ1n) is 10.00. The third kappa shape index (κ3) is 4.18. The Morgan fingerprint density at radius 2 is 2.14 bits per heavy atom. The number of carbonyl (C=O) groups is 1. The third-order valence-electron chi connectivity index (χ3n) is 5.50. The van der Waals surface area contributed by atoms with Gasteiger partial charge in [0, 0.05) is 25.2 Å². The van der Waals surface area contributed by atoms with Gasteiger partial charge in [0.15, 0.2) is 0 Å². The maximum Gasteiger partial charge on any atom is 0.231 e. The molecule has 3 heterocycles. The molecule has 2 aromatic heterocycles. The smallest absolute Gasteiger partial charge is 0.231 e. The van der Waals surface area contributed by atoms with Gasteiger partial charge in [-0.05, 0) is 43.9 Å². The van der Waals surface area contributed by atoms with Crippen molar-refractivity contribution in [3.8, 4) is 5.75 Å². The van der Waals surface area contributed by atoms with Gasteiger partial charge < -0.3 is 19.4 Å². The van der Waals surface area contributed by atoms with E-state index in [-0.39, 0.29) is 11.8 Å². The lowest BCUT2D eigenvalue weighted by atomic mass is 9.96. The molecule has 0 bridgehead atoms. The van der Waals surface area contributed by atoms with E-state index in [1.165, 1.54) is 11.9 Å². The van der Waals surface area contributed by atoms with E-state index in [4.69, 9.17) is 9.15 Å². The largest absolute Gasteiger partial charge is 0.497 e. The van der Waals surface area contributed by atoms with Crippen LogP contribution in [0.5, 0.6) is 5.75 Å². The number of nitrogens with zero attached hydrogens (tertiary/aromatic N) is 3. The highest BCUT2D eigenvalue weighted by Crippen LogP contribution is 2.30. The van der Waals surface area contributed by atoms with Crippen LogP contribution in [0.15, 0.2) is 41.3 Å². The SMILES string of the molecule is COc1ccc(CCNC(=O)C2CCCN(c3ncnc4occ(C)c34)C2)cc1. The maximum absolute atomic E-state index is 12.7. The minimum absolute atomic E-state index is 0.0446. The number of aryl methyl sites for hydroxylation is 1. The van der Waals surface area contributed by atoms with Gasteiger partial charge in [-0.3, -0.25) is 4.79 Å². The third-order valence-corrected chi connectivity index (χ3v) is 5.50. The van der Waals surface area contributed by atoms with E-state index >= 15 is 0 Å². The molecular formula is C22H26N4O3. The zero-order valence-electron chi connectivity index (χ0n) is 16.9. The van der Waals surface area contributed by atoms with Gasteiger partial charge in [-0.25, -0.2) is 9.97 Å². The molecule has 1 aliphatic heterocycles. The Morgan fingerprint density at radius 3 is 2.93 bits per heavy atom. The first-order valence-corrected chi connectivity index (χ1v) is 10.00. The first kappa shape index (κ1) is 19.2. The molecule has 1 amide bonds. The monoisotopic (exact) mass is 394 g/mol. The number of amides is 1. The summed E-state index contributed by atoms with van der Waals surface area (Å²) in [5.74, 6) is 1.76. The van der Waals surface area contributed by atoms with Crippen molar-refractivity contribution < 1.29 is 13.9 Å². The average molecular weight is 394 g/mol. The predicted molar refractivity (Wildman–Crippen MR) is 111 cm³/mol. The van der Waals surface area contributed by atoms with E-state index in [2.05, 4.69) is 20.2 Å². The van der Waals surface area contributed by atoms with Gasteiger partial charge in [-0.2, -0.15) is 0 Å². The van der Waals surface area contributed by atoms with Gasteiger partial charge in [-0.15, -0.1) is 0 Å². The average Bonchev–Trinajstić information content (AvgIpc) is 3.15. The Labute approximate surface area is 170 Å². The molecule has 0 spiro atoms. The normalized spacial score (nSPS) is 16.8. The van der Waals surface area contributed by atoms with Crippen LogP contribution in [0.3, 0.4) is 0 Å². The molecule has 4 rings (SSSR count). The molecule has 7 nitrogen and oxygen atoms in total. The highest BCUT2D eigenvalue weighted by Gasteiger charge is 2.28. The molecule has 1 aromatic carbocycles. The van der Waals surface area contributed by atoms with Gasteiger partial charge in [0.2, 0.25) is 11.6 Å². The van der Waals surface area contributed by atoms with Crippen molar-refractivity contribution in [2.24, 2.45) is 5.92 Å². The Hall–Kier alpha value is -3.09. The van der Waals surface area contributed by atoms with Crippen molar-refractivity contribution in [1.82, 2.24) is 15.3 Å². The molecule has 3 aromatic rings. The molecular weight excluding hydrogens is 368 g/mol. The number of furan rings is 1. The predicted octanol–water partition coefficient (Wildman–Crippen LogP) is 3.12. The Balaban J connectivity index is 1.36. The summed E-state index contributed by atoms with van der Waals surface area (Å²) in [4.78, 5) is 23.6. The van der Waals surface area contributed by atoms with Crippen LogP contribution in [-0.4, -0.2) is 42.6 Å². The first-order chi connectivity index (χ1) is 14.2. The molecule has 1 N–H and O–H groups in total. The van der Waals surface area contributed by atoms with Crippen molar-refractivity contribution in [2.75, 3.05) is 31.6 Å². The van der Waals surface area contributed by atoms with Gasteiger partial charge in [-0.1, -0.05) is 12.1 Å². The molecule has 0 aliphatic carbocycles. The van der Waals surface area contributed by atoms with Gasteiger partial charge >= 0.3 is 0 Å². The van der Waals surface area contributed by atoms with E-state index in [0.29, 0.717) is 18.8 Å². The second kappa shape index (κ2) is 8.51. The lowest BCUT2D eigenvalue weighted by Gasteiger charge is -2.33. The van der Waals surface area contributed by atoms with Crippen LogP contribution in [0, 0.1) is 12.8 Å². The summed E-state index contributed by atoms with van der Waals surface area (Å²) in [5.41, 5.74) is 2.79. The molecule has 1 unspecified atom stereocenters. The van der Waals surface area contributed by atoms with E-state index in [1.54, 1.807) is 13.4 Å². The topological polar surface area (TPSA) is 80.5 Å². The van der Waals surface area contributed by atoms with E-state index in [0.717, 1.165) is 48.3 Å². The van der Waals surface area contributed by atoms with Crippen LogP contribution in [0.2, 0.25) is 0 Å². The second-order valence-electron chi connectivity index (χ2n) is 7.47. The lowest BCUT2D eigenvalue weighted by Crippen LogP contribution is -2.43. The van der Waals surface area contributed by atoms with Crippen LogP contribution in [0.4, 0.5) is 5.82 Å². The highest BCUT2D eigenvalue weighted by atomic mass is 16.5. The number of fused-ring (bicyclic) bond motifs is 1. The molecule has 7 heteroatoms. The summed E-state index contributed by atoms with van der Waals surface area (Å²) < 4.78 is 10.7. The summed E-state index contributed by atoms with van der Waals surface area (Å²) >= 11 is 0. The zero-order chi connectivity index (χ0) is 20.2. The van der Waals surface area contributed by atoms with Gasteiger partial charge in [0.1, 0.15) is 17.9 Å². The standard InChI is InChI=1S/C22H26N4O3/c1-15-13-29-22-19(15)20(24-14-25-22)26-11-3-4-17(12-26)21(27)23-10-9-16-5-7-18(28-2)8-6-16/h5-8,13-14,17H,3-4,9-12H2,1-2H3,(H,23,27). The molecule has 29 heavy (non-hydrogen) atoms. The molecule has 1 atom stereocenters. The van der Waals surface area contributed by atoms with Crippen molar-refractivity contribution >= 4 is 22.8 Å². The molecule has 0 radical (unpaired) electrons. The van der Waals surface area contributed by atoms with Crippen LogP contribution in [0.1, 0.15) is 24.0 Å². The minimum Gasteiger partial charge on any atom is -0.497 e. The van der Waals surface area contributed by atoms with Crippen molar-refractivity contribution in [3.63, 3.8) is 0 Å². The Morgan fingerprint density at radius 1 is 1.31 bits per heavy atom. The molecule has 152 valence electrons. The van der Waals surface area contributed by atoms with Crippen LogP contribution < -0.4 is 15.0 Å². The van der Waals surface area contributed by atoms with E-state index in [1.807, 2.05) is 31.2 Å². The van der Waals surface area contributed by atoms with Gasteiger partial charge in [0.05, 0.1) is 24.7 Å². The number of piperidine rings is 1. The number of rotatable bonds is 6. The summed E-state index contributed by atoms with van der Waals surface area (Å²) in [6.45, 7) is 4.16. The Bertz CT molecular complexity index is 983. The van der Waals surface area contributed by atoms with Crippen molar-refractivity contribution in [2.45, 2.75) is 26.2 Å². The summed E-state index contributed by atoms with van der Waals surface area (Å²) in [6, 6.07) is 7.94. The molecule has 1 saturated heterocycles. The zero-order valence-corrected chi connectivity index (χ0v) is 16.9. The number of benzene rings is 1. The number of methoxy groups -OCH3 is 1. The molecule has 1 aliphatic rings. The minimum atomic E-state index is -0.0446. The maximum atomic E-state index is 12.7. The van der Waals surface area contributed by atoms with E-state index in [9.17, 15) is 4.79 Å². The van der Waals surface area contributed by atoms with Crippen LogP contribution in [-0.2, 0) is 11.2 Å². The number of nitrogens with one attached hydrogen (secondary N) is 1. The number of carbonyl (C=O) groups excluding carboxylic acids is 1. The summed E-state index contributed by atoms with van der Waals surface area (Å²) in [6.07, 6.45) is 5.88. The number of hydrogen-bond donors (Lipinski definition) is 1. The molecule has 1 fully saturated rings. The van der Waals surface area contributed by atoms with Crippen LogP contribution >= 0.6 is 0 Å². The molecule has 0 saturated carbocycles. The van der Waals surface area contributed by atoms with E-state index < -0.39 is 0 Å². The van der Waals surface area contributed by atoms with Gasteiger partial charge in [0.25, 0.3) is 0 Å². The lowest BCUT2D eigenvalue weighted by molar-refractivity contribution is -0.125. The summed E-state index contributed by atoms with van der Waals surface area (Å²) in [5, 5.41) is 4.03. The number of ether oxygens (including phenoxy) is 1. The van der Waals surface area contributed by atoms with Crippen molar-refractivity contribution in [1.29, 1.82) is 0 Å². The Kier molecular flexibility index (Phi) is 5.64.